The van der Waals surface area contributed by atoms with E-state index in [0.717, 1.165) is 5.56 Å². The molecule has 0 bridgehead atoms. The van der Waals surface area contributed by atoms with Crippen LogP contribution >= 0.6 is 0 Å². The molecule has 0 radical (unpaired) electrons. The number of ether oxygens (including phenoxy) is 1. The average Bonchev–Trinajstić information content (AvgIpc) is 3.00. The highest BCUT2D eigenvalue weighted by Crippen LogP contribution is 2.23. The molecule has 0 fully saturated rings. The Kier molecular flexibility index (Phi) is 7.54. The molecule has 162 valence electrons. The summed E-state index contributed by atoms with van der Waals surface area (Å²) < 4.78 is 18.3. The van der Waals surface area contributed by atoms with E-state index >= 15 is 0 Å². The molecule has 1 unspecified atom stereocenters. The normalized spacial score (nSPS) is 12.0. The summed E-state index contributed by atoms with van der Waals surface area (Å²) in [6.45, 7) is 10.7. The maximum Gasteiger partial charge on any atom is 0.355 e. The molecule has 0 aliphatic rings. The number of nitrogens with zero attached hydrogens (tertiary/aromatic N) is 1. The average molecular weight is 416 g/mol. The predicted octanol–water partition coefficient (Wildman–Crippen LogP) is 4.20. The molecule has 1 heterocycles. The number of rotatable bonds is 8. The third-order valence-electron chi connectivity index (χ3n) is 5.05. The third kappa shape index (κ3) is 4.96. The van der Waals surface area contributed by atoms with Gasteiger partial charge in [-0.1, -0.05) is 26.0 Å². The van der Waals surface area contributed by atoms with Crippen LogP contribution in [-0.4, -0.2) is 40.2 Å². The van der Waals surface area contributed by atoms with Crippen molar-refractivity contribution in [2.24, 2.45) is 5.92 Å². The number of hydrogen-bond donors (Lipinski definition) is 1. The Morgan fingerprint density at radius 3 is 2.23 bits per heavy atom. The van der Waals surface area contributed by atoms with E-state index < -0.39 is 12.0 Å². The molecule has 1 aromatic heterocycles. The lowest BCUT2D eigenvalue weighted by atomic mass is 9.98. The van der Waals surface area contributed by atoms with Crippen molar-refractivity contribution in [3.8, 4) is 0 Å². The largest absolute Gasteiger partial charge is 0.461 e. The highest BCUT2D eigenvalue weighted by atomic mass is 19.1. The topological polar surface area (TPSA) is 79.5 Å². The molecule has 0 saturated carbocycles. The first-order valence-corrected chi connectivity index (χ1v) is 10.0. The van der Waals surface area contributed by atoms with Gasteiger partial charge in [0, 0.05) is 23.7 Å². The minimum absolute atomic E-state index is 0.178. The molecule has 7 heteroatoms. The SMILES string of the molecule is CCOC(=O)c1[nH]c(C)c(C(=O)C(C)N(Cc2ccc(F)cc2)C(=O)C(C)C)c1C. The van der Waals surface area contributed by atoms with E-state index in [2.05, 4.69) is 4.98 Å². The van der Waals surface area contributed by atoms with Crippen LogP contribution in [0.25, 0.3) is 0 Å². The van der Waals surface area contributed by atoms with Gasteiger partial charge in [0.2, 0.25) is 5.91 Å². The van der Waals surface area contributed by atoms with E-state index in [-0.39, 0.29) is 42.3 Å². The second-order valence-electron chi connectivity index (χ2n) is 7.63. The van der Waals surface area contributed by atoms with Gasteiger partial charge in [0.05, 0.1) is 12.6 Å². The van der Waals surface area contributed by atoms with E-state index in [4.69, 9.17) is 4.74 Å². The molecule has 1 amide bonds. The molecule has 0 aliphatic carbocycles. The Balaban J connectivity index is 2.38. The van der Waals surface area contributed by atoms with Crippen LogP contribution in [0.4, 0.5) is 4.39 Å². The summed E-state index contributed by atoms with van der Waals surface area (Å²) >= 11 is 0. The molecule has 1 atom stereocenters. The van der Waals surface area contributed by atoms with Crippen molar-refractivity contribution in [2.75, 3.05) is 6.61 Å². The monoisotopic (exact) mass is 416 g/mol. The molecule has 1 N–H and O–H groups in total. The van der Waals surface area contributed by atoms with Crippen molar-refractivity contribution in [2.45, 2.75) is 54.1 Å². The number of amides is 1. The lowest BCUT2D eigenvalue weighted by Crippen LogP contribution is -2.44. The molecule has 30 heavy (non-hydrogen) atoms. The summed E-state index contributed by atoms with van der Waals surface area (Å²) in [7, 11) is 0. The number of ketones is 1. The number of hydrogen-bond acceptors (Lipinski definition) is 4. The van der Waals surface area contributed by atoms with Crippen molar-refractivity contribution in [1.29, 1.82) is 0 Å². The number of esters is 1. The Hall–Kier alpha value is -2.96. The smallest absolute Gasteiger partial charge is 0.355 e. The van der Waals surface area contributed by atoms with Gasteiger partial charge in [-0.15, -0.1) is 0 Å². The van der Waals surface area contributed by atoms with Crippen molar-refractivity contribution in [1.82, 2.24) is 9.88 Å². The lowest BCUT2D eigenvalue weighted by molar-refractivity contribution is -0.136. The number of Topliss-reactive ketones (excluding diaryl/α,β-unsaturated/α-hetero) is 1. The van der Waals surface area contributed by atoms with Crippen LogP contribution in [0.5, 0.6) is 0 Å². The van der Waals surface area contributed by atoms with Gasteiger partial charge in [0.15, 0.2) is 5.78 Å². The fraction of sp³-hybridized carbons (Fsp3) is 0.435. The zero-order valence-electron chi connectivity index (χ0n) is 18.3. The third-order valence-corrected chi connectivity index (χ3v) is 5.05. The van der Waals surface area contributed by atoms with Crippen LogP contribution in [0.15, 0.2) is 24.3 Å². The van der Waals surface area contributed by atoms with Crippen LogP contribution in [0.1, 0.15) is 65.4 Å². The standard InChI is InChI=1S/C23H29FN2O4/c1-7-30-23(29)20-14(4)19(15(5)25-20)21(27)16(6)26(22(28)13(2)3)12-17-8-10-18(24)11-9-17/h8-11,13,16,25H,7,12H2,1-6H3. The zero-order valence-corrected chi connectivity index (χ0v) is 18.3. The zero-order chi connectivity index (χ0) is 22.6. The summed E-state index contributed by atoms with van der Waals surface area (Å²) in [5.74, 6) is -1.66. The van der Waals surface area contributed by atoms with Gasteiger partial charge >= 0.3 is 5.97 Å². The molecular weight excluding hydrogens is 387 g/mol. The highest BCUT2D eigenvalue weighted by molar-refractivity contribution is 6.06. The second kappa shape index (κ2) is 9.69. The van der Waals surface area contributed by atoms with E-state index in [1.54, 1.807) is 53.7 Å². The van der Waals surface area contributed by atoms with Gasteiger partial charge in [-0.25, -0.2) is 9.18 Å². The van der Waals surface area contributed by atoms with Gasteiger partial charge in [0.25, 0.3) is 0 Å². The number of halogens is 1. The Morgan fingerprint density at radius 2 is 1.70 bits per heavy atom. The number of H-pyrrole nitrogens is 1. The molecular formula is C23H29FN2O4. The first-order chi connectivity index (χ1) is 14.1. The summed E-state index contributed by atoms with van der Waals surface area (Å²) in [4.78, 5) is 42.8. The number of aromatic nitrogens is 1. The number of nitrogens with one attached hydrogen (secondary N) is 1. The number of benzene rings is 1. The predicted molar refractivity (Wildman–Crippen MR) is 112 cm³/mol. The summed E-state index contributed by atoms with van der Waals surface area (Å²) in [5.41, 5.74) is 2.39. The highest BCUT2D eigenvalue weighted by Gasteiger charge is 2.32. The minimum Gasteiger partial charge on any atom is -0.461 e. The maximum absolute atomic E-state index is 13.4. The van der Waals surface area contributed by atoms with Crippen LogP contribution in [0, 0.1) is 25.6 Å². The Morgan fingerprint density at radius 1 is 1.10 bits per heavy atom. The van der Waals surface area contributed by atoms with Gasteiger partial charge in [-0.3, -0.25) is 9.59 Å². The summed E-state index contributed by atoms with van der Waals surface area (Å²) in [5, 5.41) is 0. The first kappa shape index (κ1) is 23.3. The van der Waals surface area contributed by atoms with E-state index in [9.17, 15) is 18.8 Å². The second-order valence-corrected chi connectivity index (χ2v) is 7.63. The molecule has 0 saturated heterocycles. The number of carbonyl (C=O) groups excluding carboxylic acids is 3. The van der Waals surface area contributed by atoms with Crippen LogP contribution in [0.2, 0.25) is 0 Å². The number of aryl methyl sites for hydroxylation is 1. The van der Waals surface area contributed by atoms with E-state index in [1.807, 2.05) is 0 Å². The lowest BCUT2D eigenvalue weighted by Gasteiger charge is -2.30. The van der Waals surface area contributed by atoms with Crippen LogP contribution in [-0.2, 0) is 16.1 Å². The quantitative estimate of drug-likeness (QED) is 0.517. The van der Waals surface area contributed by atoms with Gasteiger partial charge in [0.1, 0.15) is 11.5 Å². The Bertz CT molecular complexity index is 931. The number of carbonyl (C=O) groups is 3. The van der Waals surface area contributed by atoms with Crippen molar-refractivity contribution < 1.29 is 23.5 Å². The minimum atomic E-state index is -0.770. The van der Waals surface area contributed by atoms with Crippen LogP contribution < -0.4 is 0 Å². The molecule has 2 aromatic rings. The molecule has 6 nitrogen and oxygen atoms in total. The Labute approximate surface area is 176 Å². The summed E-state index contributed by atoms with van der Waals surface area (Å²) in [6.07, 6.45) is 0. The van der Waals surface area contributed by atoms with Gasteiger partial charge in [-0.05, 0) is 51.0 Å². The fourth-order valence-corrected chi connectivity index (χ4v) is 3.40. The molecule has 0 spiro atoms. The van der Waals surface area contributed by atoms with Crippen molar-refractivity contribution in [3.05, 3.63) is 58.2 Å². The molecule has 2 rings (SSSR count). The first-order valence-electron chi connectivity index (χ1n) is 10.0. The fourth-order valence-electron chi connectivity index (χ4n) is 3.40. The summed E-state index contributed by atoms with van der Waals surface area (Å²) in [6, 6.07) is 5.07. The van der Waals surface area contributed by atoms with Crippen LogP contribution in [0.3, 0.4) is 0 Å². The van der Waals surface area contributed by atoms with E-state index in [0.29, 0.717) is 16.8 Å². The van der Waals surface area contributed by atoms with Crippen molar-refractivity contribution in [3.63, 3.8) is 0 Å². The maximum atomic E-state index is 13.4. The van der Waals surface area contributed by atoms with E-state index in [1.165, 1.54) is 17.0 Å². The molecule has 1 aromatic carbocycles. The van der Waals surface area contributed by atoms with Gasteiger partial charge in [-0.2, -0.15) is 0 Å². The van der Waals surface area contributed by atoms with Gasteiger partial charge < -0.3 is 14.6 Å². The number of aromatic amines is 1. The molecule has 0 aliphatic heterocycles. The van der Waals surface area contributed by atoms with Crippen molar-refractivity contribution >= 4 is 17.7 Å².